The van der Waals surface area contributed by atoms with Gasteiger partial charge in [0.2, 0.25) is 16.0 Å². The van der Waals surface area contributed by atoms with E-state index in [-0.39, 0.29) is 4.90 Å². The fraction of sp³-hybridized carbons (Fsp3) is 0. The maximum atomic E-state index is 11.5. The lowest BCUT2D eigenvalue weighted by atomic mass is 10.2. The van der Waals surface area contributed by atoms with Gasteiger partial charge in [-0.15, -0.1) is 0 Å². The molecule has 4 rings (SSSR count). The molecule has 11 heteroatoms. The van der Waals surface area contributed by atoms with Crippen LogP contribution in [0.25, 0.3) is 10.9 Å². The minimum Gasteiger partial charge on any atom is -0.394 e. The number of sulfonamides is 1. The van der Waals surface area contributed by atoms with E-state index in [1.807, 2.05) is 18.2 Å². The summed E-state index contributed by atoms with van der Waals surface area (Å²) in [5.41, 5.74) is 8.36. The Morgan fingerprint density at radius 3 is 2.64 bits per heavy atom. The van der Waals surface area contributed by atoms with Gasteiger partial charge in [-0.3, -0.25) is 5.10 Å². The number of benzene rings is 2. The Hall–Kier alpha value is -3.70. The zero-order valence-corrected chi connectivity index (χ0v) is 15.2. The van der Waals surface area contributed by atoms with Crippen molar-refractivity contribution in [2.24, 2.45) is 5.14 Å². The standard InChI is InChI=1S/C17H16N8O2S/c18-14-9-20-17(23-12-5-4-10-8-21-25-15(10)7-12)24-16(14)22-11-2-1-3-13(6-11)28(19,26)27/h1-9H,18H2,(H,21,25)(H2,19,26,27)(H2,20,22,23,24). The van der Waals surface area contributed by atoms with Crippen LogP contribution in [0.2, 0.25) is 0 Å². The van der Waals surface area contributed by atoms with E-state index in [4.69, 9.17) is 10.9 Å². The minimum atomic E-state index is -3.81. The van der Waals surface area contributed by atoms with Crippen LogP contribution in [0.5, 0.6) is 0 Å². The molecule has 7 N–H and O–H groups in total. The predicted octanol–water partition coefficient (Wildman–Crippen LogP) is 2.07. The lowest BCUT2D eigenvalue weighted by Crippen LogP contribution is -2.12. The summed E-state index contributed by atoms with van der Waals surface area (Å²) < 4.78 is 23.0. The fourth-order valence-corrected chi connectivity index (χ4v) is 3.14. The van der Waals surface area contributed by atoms with Crippen LogP contribution in [0.3, 0.4) is 0 Å². The number of hydrogen-bond acceptors (Lipinski definition) is 8. The molecular formula is C17H16N8O2S. The molecule has 4 aromatic rings. The van der Waals surface area contributed by atoms with Gasteiger partial charge in [-0.1, -0.05) is 6.07 Å². The molecule has 0 amide bonds. The minimum absolute atomic E-state index is 0.0173. The molecule has 0 saturated heterocycles. The first-order valence-electron chi connectivity index (χ1n) is 8.11. The third-order valence-corrected chi connectivity index (χ3v) is 4.85. The molecule has 0 bridgehead atoms. The maximum absolute atomic E-state index is 11.5. The summed E-state index contributed by atoms with van der Waals surface area (Å²) in [5, 5.41) is 19.1. The molecule has 2 aromatic heterocycles. The highest BCUT2D eigenvalue weighted by Gasteiger charge is 2.10. The number of fused-ring (bicyclic) bond motifs is 1. The molecule has 0 unspecified atom stereocenters. The molecule has 28 heavy (non-hydrogen) atoms. The van der Waals surface area contributed by atoms with E-state index in [0.29, 0.717) is 23.1 Å². The zero-order chi connectivity index (χ0) is 19.7. The van der Waals surface area contributed by atoms with Gasteiger partial charge in [0.05, 0.1) is 28.5 Å². The van der Waals surface area contributed by atoms with E-state index >= 15 is 0 Å². The van der Waals surface area contributed by atoms with Crippen molar-refractivity contribution in [3.05, 3.63) is 54.9 Å². The second-order valence-corrected chi connectivity index (χ2v) is 7.55. The molecular weight excluding hydrogens is 380 g/mol. The number of rotatable bonds is 5. The van der Waals surface area contributed by atoms with Gasteiger partial charge in [-0.05, 0) is 36.4 Å². The van der Waals surface area contributed by atoms with Crippen molar-refractivity contribution >= 4 is 49.8 Å². The van der Waals surface area contributed by atoms with Crippen molar-refractivity contribution in [3.8, 4) is 0 Å². The van der Waals surface area contributed by atoms with Gasteiger partial charge >= 0.3 is 0 Å². The number of nitrogen functional groups attached to an aromatic ring is 1. The summed E-state index contributed by atoms with van der Waals surface area (Å²) in [6, 6.07) is 11.7. The summed E-state index contributed by atoms with van der Waals surface area (Å²) in [6.07, 6.45) is 3.19. The number of nitrogens with zero attached hydrogens (tertiary/aromatic N) is 3. The Labute approximate surface area is 160 Å². The number of aromatic nitrogens is 4. The Balaban J connectivity index is 1.60. The Morgan fingerprint density at radius 1 is 1.00 bits per heavy atom. The number of hydrogen-bond donors (Lipinski definition) is 5. The largest absolute Gasteiger partial charge is 0.394 e. The summed E-state index contributed by atoms with van der Waals surface area (Å²) in [5.74, 6) is 0.643. The van der Waals surface area contributed by atoms with Crippen LogP contribution in [0.1, 0.15) is 0 Å². The number of aromatic amines is 1. The SMILES string of the molecule is Nc1cnc(Nc2ccc3cn[nH]c3c2)nc1Nc1cccc(S(N)(=O)=O)c1. The van der Waals surface area contributed by atoms with E-state index in [2.05, 4.69) is 30.8 Å². The monoisotopic (exact) mass is 396 g/mol. The Bertz CT molecular complexity index is 1270. The van der Waals surface area contributed by atoms with Crippen molar-refractivity contribution in [1.29, 1.82) is 0 Å². The fourth-order valence-electron chi connectivity index (χ4n) is 2.58. The third kappa shape index (κ3) is 3.70. The molecule has 0 aliphatic rings. The molecule has 0 saturated carbocycles. The number of anilines is 5. The smallest absolute Gasteiger partial charge is 0.238 e. The Kier molecular flexibility index (Phi) is 4.29. The lowest BCUT2D eigenvalue weighted by Gasteiger charge is -2.11. The van der Waals surface area contributed by atoms with E-state index in [1.165, 1.54) is 18.3 Å². The van der Waals surface area contributed by atoms with Crippen molar-refractivity contribution in [3.63, 3.8) is 0 Å². The second kappa shape index (κ2) is 6.79. The molecule has 0 radical (unpaired) electrons. The highest BCUT2D eigenvalue weighted by Crippen LogP contribution is 2.25. The number of nitrogens with one attached hydrogen (secondary N) is 3. The first-order valence-corrected chi connectivity index (χ1v) is 9.66. The van der Waals surface area contributed by atoms with E-state index in [9.17, 15) is 8.42 Å². The van der Waals surface area contributed by atoms with Crippen LogP contribution in [0.4, 0.5) is 28.8 Å². The molecule has 2 heterocycles. The molecule has 0 fully saturated rings. The first-order chi connectivity index (χ1) is 13.4. The summed E-state index contributed by atoms with van der Waals surface area (Å²) in [4.78, 5) is 8.51. The van der Waals surface area contributed by atoms with Gasteiger partial charge in [0.15, 0.2) is 5.82 Å². The van der Waals surface area contributed by atoms with E-state index in [0.717, 1.165) is 16.6 Å². The molecule has 0 spiro atoms. The van der Waals surface area contributed by atoms with Gasteiger partial charge in [-0.25, -0.2) is 18.5 Å². The van der Waals surface area contributed by atoms with Crippen molar-refractivity contribution in [1.82, 2.24) is 20.2 Å². The summed E-state index contributed by atoms with van der Waals surface area (Å²) >= 11 is 0. The molecule has 0 aliphatic carbocycles. The van der Waals surface area contributed by atoms with Gasteiger partial charge in [0.25, 0.3) is 0 Å². The van der Waals surface area contributed by atoms with Gasteiger partial charge in [0, 0.05) is 16.8 Å². The molecule has 142 valence electrons. The second-order valence-electron chi connectivity index (χ2n) is 5.99. The molecule has 10 nitrogen and oxygen atoms in total. The topological polar surface area (TPSA) is 165 Å². The number of H-pyrrole nitrogens is 1. The van der Waals surface area contributed by atoms with Crippen LogP contribution in [-0.2, 0) is 10.0 Å². The van der Waals surface area contributed by atoms with Gasteiger partial charge < -0.3 is 16.4 Å². The van der Waals surface area contributed by atoms with Gasteiger partial charge in [0.1, 0.15) is 0 Å². The highest BCUT2D eigenvalue weighted by molar-refractivity contribution is 7.89. The summed E-state index contributed by atoms with van der Waals surface area (Å²) in [7, 11) is -3.81. The van der Waals surface area contributed by atoms with Crippen LogP contribution < -0.4 is 21.5 Å². The number of primary sulfonamides is 1. The highest BCUT2D eigenvalue weighted by atomic mass is 32.2. The third-order valence-electron chi connectivity index (χ3n) is 3.94. The zero-order valence-electron chi connectivity index (χ0n) is 14.4. The average Bonchev–Trinajstić information content (AvgIpc) is 3.12. The molecule has 2 aromatic carbocycles. The quantitative estimate of drug-likeness (QED) is 0.342. The Morgan fingerprint density at radius 2 is 1.82 bits per heavy atom. The van der Waals surface area contributed by atoms with Crippen molar-refractivity contribution in [2.45, 2.75) is 4.90 Å². The number of nitrogens with two attached hydrogens (primary N) is 2. The predicted molar refractivity (Wildman–Crippen MR) is 107 cm³/mol. The summed E-state index contributed by atoms with van der Waals surface area (Å²) in [6.45, 7) is 0. The van der Waals surface area contributed by atoms with Crippen LogP contribution in [0, 0.1) is 0 Å². The lowest BCUT2D eigenvalue weighted by molar-refractivity contribution is 0.598. The average molecular weight is 396 g/mol. The van der Waals surface area contributed by atoms with E-state index in [1.54, 1.807) is 18.3 Å². The van der Waals surface area contributed by atoms with Crippen LogP contribution in [-0.4, -0.2) is 28.6 Å². The normalized spacial score (nSPS) is 11.5. The van der Waals surface area contributed by atoms with E-state index < -0.39 is 10.0 Å². The van der Waals surface area contributed by atoms with Crippen molar-refractivity contribution in [2.75, 3.05) is 16.4 Å². The van der Waals surface area contributed by atoms with Crippen LogP contribution >= 0.6 is 0 Å². The van der Waals surface area contributed by atoms with Gasteiger partial charge in [-0.2, -0.15) is 10.1 Å². The van der Waals surface area contributed by atoms with Crippen molar-refractivity contribution < 1.29 is 8.42 Å². The molecule has 0 atom stereocenters. The first kappa shape index (κ1) is 17.7. The maximum Gasteiger partial charge on any atom is 0.238 e. The molecule has 0 aliphatic heterocycles. The van der Waals surface area contributed by atoms with Crippen LogP contribution in [0.15, 0.2) is 59.8 Å².